The number of carbonyl (C=O) groups excluding carboxylic acids is 1. The Bertz CT molecular complexity index is 855. The Labute approximate surface area is 149 Å². The van der Waals surface area contributed by atoms with Gasteiger partial charge in [-0.1, -0.05) is 11.6 Å². The molecule has 0 unspecified atom stereocenters. The molecule has 0 spiro atoms. The first-order valence-corrected chi connectivity index (χ1v) is 8.95. The second-order valence-electron chi connectivity index (χ2n) is 4.88. The van der Waals surface area contributed by atoms with Gasteiger partial charge in [0.15, 0.2) is 0 Å². The van der Waals surface area contributed by atoms with Gasteiger partial charge in [-0.25, -0.2) is 12.8 Å². The number of nitrogens with one attached hydrogen (secondary N) is 1. The quantitative estimate of drug-likeness (QED) is 0.737. The Morgan fingerprint density at radius 1 is 1.20 bits per heavy atom. The van der Waals surface area contributed by atoms with Gasteiger partial charge in [-0.15, -0.1) is 0 Å². The predicted octanol–water partition coefficient (Wildman–Crippen LogP) is 3.22. The molecular weight excluding hydrogens is 373 g/mol. The van der Waals surface area contributed by atoms with Crippen molar-refractivity contribution in [2.45, 2.75) is 11.3 Å². The van der Waals surface area contributed by atoms with Crippen LogP contribution < -0.4 is 9.46 Å². The fourth-order valence-electron chi connectivity index (χ4n) is 1.85. The highest BCUT2D eigenvalue weighted by molar-refractivity contribution is 7.92. The van der Waals surface area contributed by atoms with Crippen molar-refractivity contribution in [1.82, 2.24) is 0 Å². The Morgan fingerprint density at radius 3 is 2.48 bits per heavy atom. The van der Waals surface area contributed by atoms with E-state index >= 15 is 0 Å². The van der Waals surface area contributed by atoms with E-state index in [0.29, 0.717) is 5.75 Å². The smallest absolute Gasteiger partial charge is 0.308 e. The summed E-state index contributed by atoms with van der Waals surface area (Å²) in [4.78, 5) is 10.9. The summed E-state index contributed by atoms with van der Waals surface area (Å²) in [5, 5.41) is 0.161. The summed E-state index contributed by atoms with van der Waals surface area (Å²) in [6.45, 7) is 0.104. The average Bonchev–Trinajstić information content (AvgIpc) is 2.57. The summed E-state index contributed by atoms with van der Waals surface area (Å²) in [6, 6.07) is 9.11. The van der Waals surface area contributed by atoms with E-state index in [9.17, 15) is 17.6 Å². The van der Waals surface area contributed by atoms with E-state index in [1.165, 1.54) is 43.5 Å². The molecule has 2 aromatic rings. The molecular formula is C16H15ClFNO5S. The van der Waals surface area contributed by atoms with E-state index in [-0.39, 0.29) is 28.6 Å². The highest BCUT2D eigenvalue weighted by Gasteiger charge is 2.16. The lowest BCUT2D eigenvalue weighted by atomic mass is 10.3. The zero-order valence-corrected chi connectivity index (χ0v) is 14.7. The molecule has 0 aliphatic carbocycles. The molecule has 9 heteroatoms. The summed E-state index contributed by atoms with van der Waals surface area (Å²) in [5.74, 6) is -0.798. The van der Waals surface area contributed by atoms with Crippen molar-refractivity contribution >= 4 is 33.3 Å². The maximum Gasteiger partial charge on any atom is 0.308 e. The number of rotatable bonds is 7. The van der Waals surface area contributed by atoms with E-state index in [1.807, 2.05) is 0 Å². The Balaban J connectivity index is 2.05. The normalized spacial score (nSPS) is 11.0. The van der Waals surface area contributed by atoms with Crippen molar-refractivity contribution in [3.63, 3.8) is 0 Å². The SMILES string of the molecule is COC(=O)CCOc1ccc(S(=O)(=O)Nc2ccc(Cl)cc2F)cc1. The number of hydrogen-bond donors (Lipinski definition) is 1. The molecule has 0 amide bonds. The Kier molecular flexibility index (Phi) is 6.22. The van der Waals surface area contributed by atoms with Crippen LogP contribution in [0.3, 0.4) is 0 Å². The molecule has 134 valence electrons. The number of methoxy groups -OCH3 is 1. The number of benzene rings is 2. The van der Waals surface area contributed by atoms with Gasteiger partial charge in [0.1, 0.15) is 11.6 Å². The van der Waals surface area contributed by atoms with Crippen LogP contribution >= 0.6 is 11.6 Å². The lowest BCUT2D eigenvalue weighted by molar-refractivity contribution is -0.141. The van der Waals surface area contributed by atoms with Crippen molar-refractivity contribution in [2.75, 3.05) is 18.4 Å². The number of hydrogen-bond acceptors (Lipinski definition) is 5. The number of anilines is 1. The molecule has 0 saturated heterocycles. The molecule has 0 aromatic heterocycles. The third-order valence-corrected chi connectivity index (χ3v) is 4.73. The van der Waals surface area contributed by atoms with Crippen LogP contribution in [0.1, 0.15) is 6.42 Å². The van der Waals surface area contributed by atoms with Gasteiger partial charge in [0.2, 0.25) is 0 Å². The first-order valence-electron chi connectivity index (χ1n) is 7.09. The zero-order chi connectivity index (χ0) is 18.4. The van der Waals surface area contributed by atoms with E-state index in [1.54, 1.807) is 0 Å². The van der Waals surface area contributed by atoms with Gasteiger partial charge < -0.3 is 9.47 Å². The molecule has 2 aromatic carbocycles. The monoisotopic (exact) mass is 387 g/mol. The first kappa shape index (κ1) is 19.0. The standard InChI is InChI=1S/C16H15ClFNO5S/c1-23-16(20)8-9-24-12-3-5-13(6-4-12)25(21,22)19-15-7-2-11(17)10-14(15)18/h2-7,10,19H,8-9H2,1H3. The van der Waals surface area contributed by atoms with Crippen LogP contribution in [0.2, 0.25) is 5.02 Å². The molecule has 0 fully saturated rings. The lowest BCUT2D eigenvalue weighted by Crippen LogP contribution is -2.14. The minimum Gasteiger partial charge on any atom is -0.493 e. The van der Waals surface area contributed by atoms with Crippen molar-refractivity contribution in [1.29, 1.82) is 0 Å². The van der Waals surface area contributed by atoms with E-state index in [2.05, 4.69) is 9.46 Å². The molecule has 0 aliphatic rings. The molecule has 25 heavy (non-hydrogen) atoms. The number of sulfonamides is 1. The largest absolute Gasteiger partial charge is 0.493 e. The Hall–Kier alpha value is -2.32. The van der Waals surface area contributed by atoms with Gasteiger partial charge in [-0.2, -0.15) is 0 Å². The van der Waals surface area contributed by atoms with Crippen LogP contribution in [-0.4, -0.2) is 28.1 Å². The van der Waals surface area contributed by atoms with Gasteiger partial charge in [0, 0.05) is 5.02 Å². The molecule has 0 atom stereocenters. The summed E-state index contributed by atoms with van der Waals surface area (Å²) in [7, 11) is -2.69. The molecule has 0 saturated carbocycles. The second-order valence-corrected chi connectivity index (χ2v) is 6.99. The van der Waals surface area contributed by atoms with Crippen molar-refractivity contribution in [3.8, 4) is 5.75 Å². The molecule has 0 heterocycles. The van der Waals surface area contributed by atoms with Crippen LogP contribution in [0.25, 0.3) is 0 Å². The van der Waals surface area contributed by atoms with E-state index in [0.717, 1.165) is 6.07 Å². The lowest BCUT2D eigenvalue weighted by Gasteiger charge is -2.10. The van der Waals surface area contributed by atoms with Crippen LogP contribution in [0.5, 0.6) is 5.75 Å². The van der Waals surface area contributed by atoms with E-state index < -0.39 is 21.8 Å². The highest BCUT2D eigenvalue weighted by atomic mass is 35.5. The number of ether oxygens (including phenoxy) is 2. The van der Waals surface area contributed by atoms with Crippen molar-refractivity contribution < 1.29 is 27.1 Å². The maximum absolute atomic E-state index is 13.7. The van der Waals surface area contributed by atoms with Crippen LogP contribution in [-0.2, 0) is 19.6 Å². The van der Waals surface area contributed by atoms with E-state index in [4.69, 9.17) is 16.3 Å². The summed E-state index contributed by atoms with van der Waals surface area (Å²) in [6.07, 6.45) is 0.0773. The minimum absolute atomic E-state index is 0.0674. The summed E-state index contributed by atoms with van der Waals surface area (Å²) in [5.41, 5.74) is -0.206. The third-order valence-electron chi connectivity index (χ3n) is 3.11. The topological polar surface area (TPSA) is 81.7 Å². The molecule has 0 aliphatic heterocycles. The van der Waals surface area contributed by atoms with Gasteiger partial charge in [0.05, 0.1) is 30.7 Å². The number of halogens is 2. The number of carbonyl (C=O) groups is 1. The maximum atomic E-state index is 13.7. The minimum atomic E-state index is -3.97. The second kappa shape index (κ2) is 8.17. The average molecular weight is 388 g/mol. The van der Waals surface area contributed by atoms with Crippen molar-refractivity contribution in [2.24, 2.45) is 0 Å². The van der Waals surface area contributed by atoms with Crippen LogP contribution in [0, 0.1) is 5.82 Å². The van der Waals surface area contributed by atoms with Crippen molar-refractivity contribution in [3.05, 3.63) is 53.3 Å². The van der Waals surface area contributed by atoms with Crippen LogP contribution in [0.4, 0.5) is 10.1 Å². The fraction of sp³-hybridized carbons (Fsp3) is 0.188. The Morgan fingerprint density at radius 2 is 1.88 bits per heavy atom. The van der Waals surface area contributed by atoms with Gasteiger partial charge >= 0.3 is 5.97 Å². The molecule has 0 radical (unpaired) electrons. The summed E-state index contributed by atoms with van der Waals surface area (Å²) >= 11 is 5.63. The van der Waals surface area contributed by atoms with Crippen LogP contribution in [0.15, 0.2) is 47.4 Å². The molecule has 2 rings (SSSR count). The highest BCUT2D eigenvalue weighted by Crippen LogP contribution is 2.23. The van der Waals surface area contributed by atoms with Gasteiger partial charge in [0.25, 0.3) is 10.0 Å². The van der Waals surface area contributed by atoms with Gasteiger partial charge in [-0.3, -0.25) is 9.52 Å². The summed E-state index contributed by atoms with van der Waals surface area (Å²) < 4.78 is 50.2. The molecule has 1 N–H and O–H groups in total. The molecule has 0 bridgehead atoms. The van der Waals surface area contributed by atoms with Gasteiger partial charge in [-0.05, 0) is 42.5 Å². The zero-order valence-electron chi connectivity index (χ0n) is 13.2. The molecule has 6 nitrogen and oxygen atoms in total. The number of esters is 1. The fourth-order valence-corrected chi connectivity index (χ4v) is 3.07. The predicted molar refractivity (Wildman–Crippen MR) is 90.8 cm³/mol. The third kappa shape index (κ3) is 5.33. The first-order chi connectivity index (χ1) is 11.8.